The van der Waals surface area contributed by atoms with Crippen molar-refractivity contribution in [2.75, 3.05) is 18.8 Å². The highest BCUT2D eigenvalue weighted by Crippen LogP contribution is 2.29. The number of likely N-dealkylation sites (tertiary alicyclic amines) is 1. The highest BCUT2D eigenvalue weighted by atomic mass is 35.5. The van der Waals surface area contributed by atoms with Gasteiger partial charge in [-0.05, 0) is 69.5 Å². The van der Waals surface area contributed by atoms with Crippen LogP contribution in [0.5, 0.6) is 0 Å². The second-order valence-corrected chi connectivity index (χ2v) is 11.0. The minimum absolute atomic E-state index is 0.0107. The Kier molecular flexibility index (Phi) is 9.10. The van der Waals surface area contributed by atoms with E-state index in [0.717, 1.165) is 42.4 Å². The fourth-order valence-electron chi connectivity index (χ4n) is 3.58. The number of carbonyl (C=O) groups is 2. The number of halogens is 2. The number of carbonyl (C=O) groups excluding carboxylic acids is 2. The molecule has 0 atom stereocenters. The van der Waals surface area contributed by atoms with E-state index in [9.17, 15) is 9.59 Å². The Morgan fingerprint density at radius 3 is 2.36 bits per heavy atom. The van der Waals surface area contributed by atoms with Gasteiger partial charge in [-0.2, -0.15) is 0 Å². The van der Waals surface area contributed by atoms with E-state index in [1.807, 2.05) is 32.9 Å². The third-order valence-corrected chi connectivity index (χ3v) is 6.95. The molecule has 1 amide bonds. The number of esters is 1. The molecule has 1 aliphatic heterocycles. The Hall–Kier alpha value is -1.73. The fraction of sp³-hybridized carbons (Fsp3) is 0.440. The maximum atomic E-state index is 12.5. The number of amides is 1. The van der Waals surface area contributed by atoms with E-state index in [-0.39, 0.29) is 17.7 Å². The van der Waals surface area contributed by atoms with Gasteiger partial charge in [0.2, 0.25) is 5.91 Å². The number of rotatable bonds is 7. The number of hydrogen-bond acceptors (Lipinski definition) is 5. The first kappa shape index (κ1) is 25.9. The second kappa shape index (κ2) is 11.6. The van der Waals surface area contributed by atoms with Crippen LogP contribution in [0.15, 0.2) is 47.4 Å². The standard InChI is InChI=1S/C25H30Cl2N2O3S/c1-25(2,3)32-24(31)18-6-9-22(21(27)14-18)33-16-23(30)28-20-10-12-29(13-11-20)15-17-4-7-19(26)8-5-17/h4-9,14,20H,10-13,15-16H2,1-3H3,(H,28,30). The molecule has 1 fully saturated rings. The molecule has 2 aromatic carbocycles. The second-order valence-electron chi connectivity index (χ2n) is 9.18. The Labute approximate surface area is 210 Å². The van der Waals surface area contributed by atoms with E-state index in [1.54, 1.807) is 18.2 Å². The molecule has 0 radical (unpaired) electrons. The highest BCUT2D eigenvalue weighted by Gasteiger charge is 2.22. The number of ether oxygens (including phenoxy) is 1. The lowest BCUT2D eigenvalue weighted by atomic mass is 10.0. The van der Waals surface area contributed by atoms with E-state index in [1.165, 1.54) is 17.3 Å². The van der Waals surface area contributed by atoms with Crippen LogP contribution in [-0.2, 0) is 16.1 Å². The summed E-state index contributed by atoms with van der Waals surface area (Å²) in [6, 6.07) is 13.1. The van der Waals surface area contributed by atoms with Crippen molar-refractivity contribution in [1.82, 2.24) is 10.2 Å². The Balaban J connectivity index is 1.41. The van der Waals surface area contributed by atoms with Crippen LogP contribution >= 0.6 is 35.0 Å². The Morgan fingerprint density at radius 2 is 1.76 bits per heavy atom. The molecular formula is C25H30Cl2N2O3S. The van der Waals surface area contributed by atoms with Crippen LogP contribution in [0.4, 0.5) is 0 Å². The summed E-state index contributed by atoms with van der Waals surface area (Å²) >= 11 is 13.7. The number of hydrogen-bond donors (Lipinski definition) is 1. The molecule has 178 valence electrons. The van der Waals surface area contributed by atoms with E-state index < -0.39 is 11.6 Å². The van der Waals surface area contributed by atoms with Gasteiger partial charge in [0, 0.05) is 35.6 Å². The molecule has 1 saturated heterocycles. The minimum atomic E-state index is -0.568. The van der Waals surface area contributed by atoms with Crippen molar-refractivity contribution >= 4 is 46.8 Å². The monoisotopic (exact) mass is 508 g/mol. The van der Waals surface area contributed by atoms with Gasteiger partial charge in [-0.1, -0.05) is 35.3 Å². The zero-order valence-electron chi connectivity index (χ0n) is 19.2. The summed E-state index contributed by atoms with van der Waals surface area (Å²) in [5.41, 5.74) is 1.07. The van der Waals surface area contributed by atoms with E-state index in [0.29, 0.717) is 10.6 Å². The normalized spacial score (nSPS) is 15.3. The maximum Gasteiger partial charge on any atom is 0.338 e. The van der Waals surface area contributed by atoms with E-state index in [2.05, 4.69) is 22.3 Å². The molecule has 0 aromatic heterocycles. The maximum absolute atomic E-state index is 12.5. The van der Waals surface area contributed by atoms with Gasteiger partial charge in [-0.25, -0.2) is 4.79 Å². The van der Waals surface area contributed by atoms with Crippen LogP contribution in [0.2, 0.25) is 10.0 Å². The molecule has 3 rings (SSSR count). The molecule has 0 saturated carbocycles. The minimum Gasteiger partial charge on any atom is -0.456 e. The summed E-state index contributed by atoms with van der Waals surface area (Å²) in [6.07, 6.45) is 1.85. The molecule has 1 heterocycles. The van der Waals surface area contributed by atoms with Gasteiger partial charge in [-0.15, -0.1) is 11.8 Å². The summed E-state index contributed by atoms with van der Waals surface area (Å²) in [6.45, 7) is 8.24. The fourth-order valence-corrected chi connectivity index (χ4v) is 4.78. The average Bonchev–Trinajstić information content (AvgIpc) is 2.74. The quantitative estimate of drug-likeness (QED) is 0.377. The third-order valence-electron chi connectivity index (χ3n) is 5.20. The molecule has 33 heavy (non-hydrogen) atoms. The van der Waals surface area contributed by atoms with Crippen molar-refractivity contribution in [3.63, 3.8) is 0 Å². The molecule has 1 aliphatic rings. The lowest BCUT2D eigenvalue weighted by Crippen LogP contribution is -2.44. The lowest BCUT2D eigenvalue weighted by Gasteiger charge is -2.32. The van der Waals surface area contributed by atoms with E-state index >= 15 is 0 Å². The van der Waals surface area contributed by atoms with Crippen molar-refractivity contribution < 1.29 is 14.3 Å². The molecule has 0 unspecified atom stereocenters. The molecule has 0 spiro atoms. The van der Waals surface area contributed by atoms with Crippen molar-refractivity contribution in [3.8, 4) is 0 Å². The van der Waals surface area contributed by atoms with Gasteiger partial charge >= 0.3 is 5.97 Å². The van der Waals surface area contributed by atoms with Crippen LogP contribution in [0.3, 0.4) is 0 Å². The Morgan fingerprint density at radius 1 is 1.09 bits per heavy atom. The van der Waals surface area contributed by atoms with Crippen LogP contribution in [0.25, 0.3) is 0 Å². The van der Waals surface area contributed by atoms with Crippen molar-refractivity contribution in [3.05, 3.63) is 63.6 Å². The number of nitrogens with one attached hydrogen (secondary N) is 1. The average molecular weight is 509 g/mol. The van der Waals surface area contributed by atoms with Crippen molar-refractivity contribution in [2.45, 2.75) is 56.7 Å². The smallest absolute Gasteiger partial charge is 0.338 e. The summed E-state index contributed by atoms with van der Waals surface area (Å²) in [7, 11) is 0. The first-order valence-corrected chi connectivity index (χ1v) is 12.7. The number of benzene rings is 2. The van der Waals surface area contributed by atoms with Crippen molar-refractivity contribution in [1.29, 1.82) is 0 Å². The van der Waals surface area contributed by atoms with Crippen LogP contribution < -0.4 is 5.32 Å². The summed E-state index contributed by atoms with van der Waals surface area (Å²) in [5.74, 6) is -0.152. The molecule has 1 N–H and O–H groups in total. The predicted octanol–water partition coefficient (Wildman–Crippen LogP) is 5.82. The summed E-state index contributed by atoms with van der Waals surface area (Å²) in [4.78, 5) is 27.8. The van der Waals surface area contributed by atoms with Gasteiger partial charge in [0.05, 0.1) is 16.3 Å². The topological polar surface area (TPSA) is 58.6 Å². The van der Waals surface area contributed by atoms with Gasteiger partial charge in [-0.3, -0.25) is 9.69 Å². The van der Waals surface area contributed by atoms with Crippen molar-refractivity contribution in [2.24, 2.45) is 0 Å². The Bertz CT molecular complexity index is 969. The summed E-state index contributed by atoms with van der Waals surface area (Å²) < 4.78 is 5.37. The third kappa shape index (κ3) is 8.53. The van der Waals surface area contributed by atoms with Gasteiger partial charge in [0.1, 0.15) is 5.60 Å². The predicted molar refractivity (Wildman–Crippen MR) is 135 cm³/mol. The van der Waals surface area contributed by atoms with Crippen LogP contribution in [-0.4, -0.2) is 47.3 Å². The summed E-state index contributed by atoms with van der Waals surface area (Å²) in [5, 5.41) is 4.32. The van der Waals surface area contributed by atoms with E-state index in [4.69, 9.17) is 27.9 Å². The molecule has 5 nitrogen and oxygen atoms in total. The van der Waals surface area contributed by atoms with Crippen LogP contribution in [0.1, 0.15) is 49.5 Å². The SMILES string of the molecule is CC(C)(C)OC(=O)c1ccc(SCC(=O)NC2CCN(Cc3ccc(Cl)cc3)CC2)c(Cl)c1. The zero-order valence-corrected chi connectivity index (χ0v) is 21.5. The largest absolute Gasteiger partial charge is 0.456 e. The molecular weight excluding hydrogens is 479 g/mol. The molecule has 0 bridgehead atoms. The lowest BCUT2D eigenvalue weighted by molar-refractivity contribution is -0.119. The zero-order chi connectivity index (χ0) is 24.0. The molecule has 2 aromatic rings. The van der Waals surface area contributed by atoms with Gasteiger partial charge < -0.3 is 10.1 Å². The number of thioether (sulfide) groups is 1. The number of nitrogens with zero attached hydrogens (tertiary/aromatic N) is 1. The van der Waals surface area contributed by atoms with Gasteiger partial charge in [0.25, 0.3) is 0 Å². The van der Waals surface area contributed by atoms with Gasteiger partial charge in [0.15, 0.2) is 0 Å². The number of piperidine rings is 1. The molecule has 8 heteroatoms. The molecule has 0 aliphatic carbocycles. The highest BCUT2D eigenvalue weighted by molar-refractivity contribution is 8.00. The van der Waals surface area contributed by atoms with Crippen LogP contribution in [0, 0.1) is 0 Å². The first-order chi connectivity index (χ1) is 15.6. The first-order valence-electron chi connectivity index (χ1n) is 11.0.